The van der Waals surface area contributed by atoms with Crippen LogP contribution in [0, 0.1) is 17.8 Å². The number of allylic oxidation sites excluding steroid dienone is 12. The number of nitrogens with zero attached hydrogens (tertiary/aromatic N) is 2. The van der Waals surface area contributed by atoms with E-state index in [1.807, 2.05) is 6.08 Å². The number of benzene rings is 9. The molecule has 4 heteroatoms. The van der Waals surface area contributed by atoms with Gasteiger partial charge < -0.3 is 11.1 Å². The highest BCUT2D eigenvalue weighted by Crippen LogP contribution is 2.55. The van der Waals surface area contributed by atoms with Crippen LogP contribution < -0.4 is 15.8 Å². The highest BCUT2D eigenvalue weighted by atomic mass is 15.1. The summed E-state index contributed by atoms with van der Waals surface area (Å²) >= 11 is 0. The molecule has 0 aromatic heterocycles. The second kappa shape index (κ2) is 21.7. The molecule has 5 unspecified atom stereocenters. The van der Waals surface area contributed by atoms with Crippen LogP contribution in [-0.4, -0.2) is 18.1 Å². The van der Waals surface area contributed by atoms with Crippen LogP contribution in [0.5, 0.6) is 0 Å². The molecule has 4 nitrogen and oxygen atoms in total. The molecular weight excluding hydrogens is 1080 g/mol. The molecule has 1 heterocycles. The van der Waals surface area contributed by atoms with Gasteiger partial charge in [-0.1, -0.05) is 288 Å². The first-order chi connectivity index (χ1) is 43.4. The molecule has 0 spiro atoms. The number of nitrogens with one attached hydrogen (secondary N) is 2. The van der Waals surface area contributed by atoms with Crippen LogP contribution in [0.4, 0.5) is 0 Å². The van der Waals surface area contributed by atoms with Crippen LogP contribution in [0.3, 0.4) is 0 Å². The van der Waals surface area contributed by atoms with Crippen molar-refractivity contribution in [2.45, 2.75) is 89.3 Å². The lowest BCUT2D eigenvalue weighted by Crippen LogP contribution is -2.40. The lowest BCUT2D eigenvalue weighted by Gasteiger charge is -2.35. The molecule has 0 saturated carbocycles. The van der Waals surface area contributed by atoms with Gasteiger partial charge in [0, 0.05) is 51.6 Å². The van der Waals surface area contributed by atoms with E-state index in [0.717, 1.165) is 70.1 Å². The highest BCUT2D eigenvalue weighted by Gasteiger charge is 2.42. The molecule has 0 amide bonds. The molecule has 7 aliphatic rings. The fourth-order valence-electron chi connectivity index (χ4n) is 15.9. The van der Waals surface area contributed by atoms with E-state index in [0.29, 0.717) is 11.8 Å². The molecule has 9 aromatic rings. The van der Waals surface area contributed by atoms with Crippen LogP contribution in [0.25, 0.3) is 77.8 Å². The fraction of sp³-hybridized carbons (Fsp3) is 0.200. The minimum absolute atomic E-state index is 0.116. The number of rotatable bonds is 10. The van der Waals surface area contributed by atoms with Crippen molar-refractivity contribution in [3.8, 4) is 0 Å². The SMILES string of the molecule is CC1C=c2ccccc2=C(C2=NC(C3C=CC4=C(C3)C(C)(C)c3cc(C5C=CC(c6ccc7c(c6)C(C)(C)C6=C[C@@H](C=N/C(=C\C([NH-])c8cccc9ccccc89)c8cccc9ccccc89)CC=C67)=CC5)ccc34)NC(c3cccc4ccccc34)=C2)C1. The summed E-state index contributed by atoms with van der Waals surface area (Å²) in [6.45, 7) is 12.0. The molecule has 0 fully saturated rings. The van der Waals surface area contributed by atoms with Gasteiger partial charge in [-0.05, 0) is 148 Å². The Labute approximate surface area is 523 Å². The van der Waals surface area contributed by atoms with E-state index < -0.39 is 6.04 Å². The van der Waals surface area contributed by atoms with Gasteiger partial charge in [-0.25, -0.2) is 0 Å². The molecule has 6 atom stereocenters. The Balaban J connectivity index is 0.633. The van der Waals surface area contributed by atoms with Crippen LogP contribution in [0.15, 0.2) is 264 Å². The van der Waals surface area contributed by atoms with Gasteiger partial charge in [0.2, 0.25) is 0 Å². The maximum absolute atomic E-state index is 9.55. The molecule has 16 rings (SSSR count). The van der Waals surface area contributed by atoms with Gasteiger partial charge in [0.25, 0.3) is 0 Å². The van der Waals surface area contributed by atoms with Crippen LogP contribution in [0.1, 0.15) is 122 Å². The highest BCUT2D eigenvalue weighted by molar-refractivity contribution is 6.27. The molecule has 2 N–H and O–H groups in total. The Morgan fingerprint density at radius 3 is 2.17 bits per heavy atom. The largest absolute Gasteiger partial charge is 0.667 e. The van der Waals surface area contributed by atoms with Crippen molar-refractivity contribution in [1.29, 1.82) is 0 Å². The van der Waals surface area contributed by atoms with E-state index in [2.05, 4.69) is 289 Å². The molecule has 0 bridgehead atoms. The standard InChI is InChI=1S/C85H73N4/c1-52-43-61-20-9-13-27-66(61)74(44-52)82-50-81(73-30-16-23-58-19-8-12-26-65(58)73)88-83(89-82)62-38-42-70-69-41-37-60(47-77(69)85(4,5)78(70)48-62)55-34-32-54(33-35-55)59-36-40-68-67-39-31-53(45-75(67)84(2,3)76(68)46-59)51-87-80(72-29-15-22-57-18-7-11-25-64(57)72)49-79(86)71-28-14-21-56-17-6-10-24-63(56)71/h6-30,32-34,36-43,45-47,49-53,55,62,79,83,86,88H,31,35,44,48H2,1-5H3/q-1/b80-49-,87-51?/t52?,53-,55?,62?,79?,83?/m0/s1. The predicted molar refractivity (Wildman–Crippen MR) is 377 cm³/mol. The third-order valence-corrected chi connectivity index (χ3v) is 20.7. The molecule has 434 valence electrons. The quantitative estimate of drug-likeness (QED) is 0.136. The average molecular weight is 1150 g/mol. The summed E-state index contributed by atoms with van der Waals surface area (Å²) in [6.07, 6.45) is 29.7. The zero-order valence-electron chi connectivity index (χ0n) is 51.4. The minimum atomic E-state index is -0.595. The molecule has 89 heavy (non-hydrogen) atoms. The number of fused-ring (bicyclic) bond motifs is 9. The number of hydrogen-bond donors (Lipinski definition) is 1. The van der Waals surface area contributed by atoms with Gasteiger partial charge in [-0.3, -0.25) is 9.98 Å². The zero-order chi connectivity index (χ0) is 60.1. The Bertz CT molecular complexity index is 4930. The first-order valence-electron chi connectivity index (χ1n) is 32.2. The smallest absolute Gasteiger partial charge is 0.126 e. The third kappa shape index (κ3) is 9.54. The molecule has 0 radical (unpaired) electrons. The van der Waals surface area contributed by atoms with Gasteiger partial charge in [0.1, 0.15) is 6.17 Å². The number of aliphatic imine (C=N–C) groups is 2. The summed E-state index contributed by atoms with van der Waals surface area (Å²) in [4.78, 5) is 11.0. The van der Waals surface area contributed by atoms with Crippen LogP contribution in [-0.2, 0) is 10.8 Å². The predicted octanol–water partition coefficient (Wildman–Crippen LogP) is 19.5. The first kappa shape index (κ1) is 54.9. The van der Waals surface area contributed by atoms with Gasteiger partial charge in [0.05, 0.1) is 11.4 Å². The Morgan fingerprint density at radius 2 is 1.35 bits per heavy atom. The summed E-state index contributed by atoms with van der Waals surface area (Å²) in [5, 5.41) is 13.7. The summed E-state index contributed by atoms with van der Waals surface area (Å²) in [5.74, 6) is 1.02. The van der Waals surface area contributed by atoms with E-state index >= 15 is 0 Å². The Kier molecular flexibility index (Phi) is 13.4. The monoisotopic (exact) mass is 1150 g/mol. The van der Waals surface area contributed by atoms with E-state index in [-0.39, 0.29) is 28.8 Å². The summed E-state index contributed by atoms with van der Waals surface area (Å²) in [6, 6.07) is 67.9. The third-order valence-electron chi connectivity index (χ3n) is 20.7. The van der Waals surface area contributed by atoms with Crippen molar-refractivity contribution in [2.24, 2.45) is 27.7 Å². The molecular formula is C85H73N4-. The van der Waals surface area contributed by atoms with E-state index in [4.69, 9.17) is 9.98 Å². The second-order valence-corrected chi connectivity index (χ2v) is 26.9. The average Bonchev–Trinajstić information content (AvgIpc) is 1.68. The van der Waals surface area contributed by atoms with E-state index in [9.17, 15) is 5.73 Å². The molecule has 1 aliphatic heterocycles. The lowest BCUT2D eigenvalue weighted by atomic mass is 9.75. The second-order valence-electron chi connectivity index (χ2n) is 26.9. The minimum Gasteiger partial charge on any atom is -0.667 e. The van der Waals surface area contributed by atoms with E-state index in [1.165, 1.54) is 99.0 Å². The van der Waals surface area contributed by atoms with Gasteiger partial charge in [0.15, 0.2) is 0 Å². The van der Waals surface area contributed by atoms with Crippen molar-refractivity contribution < 1.29 is 0 Å². The Hall–Kier alpha value is -9.48. The zero-order valence-corrected chi connectivity index (χ0v) is 51.4. The van der Waals surface area contributed by atoms with Crippen LogP contribution in [0.2, 0.25) is 0 Å². The molecule has 6 aliphatic carbocycles. The van der Waals surface area contributed by atoms with Crippen molar-refractivity contribution in [1.82, 2.24) is 5.32 Å². The topological polar surface area (TPSA) is 60.5 Å². The fourth-order valence-corrected chi connectivity index (χ4v) is 15.9. The Morgan fingerprint density at radius 1 is 0.640 bits per heavy atom. The van der Waals surface area contributed by atoms with Crippen molar-refractivity contribution >= 4 is 84.0 Å². The van der Waals surface area contributed by atoms with E-state index in [1.54, 1.807) is 0 Å². The van der Waals surface area contributed by atoms with Crippen molar-refractivity contribution in [2.75, 3.05) is 0 Å². The maximum atomic E-state index is 9.55. The molecule has 9 aromatic carbocycles. The van der Waals surface area contributed by atoms with Crippen molar-refractivity contribution in [3.63, 3.8) is 0 Å². The van der Waals surface area contributed by atoms with Crippen LogP contribution >= 0.6 is 0 Å². The first-order valence-corrected chi connectivity index (χ1v) is 32.2. The summed E-state index contributed by atoms with van der Waals surface area (Å²) in [5.41, 5.74) is 32.0. The number of hydrogen-bond acceptors (Lipinski definition) is 3. The summed E-state index contributed by atoms with van der Waals surface area (Å²) in [7, 11) is 0. The summed E-state index contributed by atoms with van der Waals surface area (Å²) < 4.78 is 0. The van der Waals surface area contributed by atoms with Crippen molar-refractivity contribution in [3.05, 3.63) is 320 Å². The molecule has 0 saturated heterocycles. The van der Waals surface area contributed by atoms with Gasteiger partial charge >= 0.3 is 0 Å². The lowest BCUT2D eigenvalue weighted by molar-refractivity contribution is 0.441. The normalized spacial score (nSPS) is 22.5. The van der Waals surface area contributed by atoms with Gasteiger partial charge in [-0.15, -0.1) is 0 Å². The van der Waals surface area contributed by atoms with Gasteiger partial charge in [-0.2, -0.15) is 0 Å². The maximum Gasteiger partial charge on any atom is 0.126 e.